The molecule has 0 aliphatic carbocycles. The molecule has 0 aliphatic rings. The summed E-state index contributed by atoms with van der Waals surface area (Å²) in [5.41, 5.74) is 9.06. The molecule has 4 nitrogen and oxygen atoms in total. The molecule has 0 unspecified atom stereocenters. The van der Waals surface area contributed by atoms with Crippen LogP contribution in [0.2, 0.25) is 0 Å². The molecule has 0 saturated heterocycles. The number of ether oxygens (including phenoxy) is 1. The number of nitrogens with zero attached hydrogens (tertiary/aromatic N) is 1. The normalized spacial score (nSPS) is 11.6. The van der Waals surface area contributed by atoms with Gasteiger partial charge in [-0.1, -0.05) is 50.1 Å². The molecule has 7 heteroatoms. The summed E-state index contributed by atoms with van der Waals surface area (Å²) in [5.74, 6) is 0.125. The summed E-state index contributed by atoms with van der Waals surface area (Å²) in [6, 6.07) is 12.6. The molecule has 1 aromatic heterocycles. The summed E-state index contributed by atoms with van der Waals surface area (Å²) in [5, 5.41) is 0. The van der Waals surface area contributed by atoms with E-state index in [1.165, 1.54) is 12.1 Å². The largest absolute Gasteiger partial charge is 0.496 e. The number of primary amides is 1. The average Bonchev–Trinajstić information content (AvgIpc) is 3.05. The molecule has 33 heavy (non-hydrogen) atoms. The van der Waals surface area contributed by atoms with Gasteiger partial charge in [-0.15, -0.1) is 0 Å². The van der Waals surface area contributed by atoms with Crippen molar-refractivity contribution >= 4 is 5.91 Å². The number of carbonyl (C=O) groups is 1. The highest BCUT2D eigenvalue weighted by Crippen LogP contribution is 2.37. The molecule has 3 rings (SSSR count). The second kappa shape index (κ2) is 10.1. The lowest BCUT2D eigenvalue weighted by atomic mass is 9.96. The van der Waals surface area contributed by atoms with Crippen molar-refractivity contribution in [2.75, 3.05) is 7.11 Å². The fourth-order valence-electron chi connectivity index (χ4n) is 4.26. The van der Waals surface area contributed by atoms with Gasteiger partial charge in [0.25, 0.3) is 5.91 Å². The summed E-state index contributed by atoms with van der Waals surface area (Å²) >= 11 is 0. The van der Waals surface area contributed by atoms with Gasteiger partial charge in [0.1, 0.15) is 5.75 Å². The van der Waals surface area contributed by atoms with Crippen LogP contribution in [0.4, 0.5) is 13.2 Å². The van der Waals surface area contributed by atoms with Gasteiger partial charge in [-0.2, -0.15) is 13.2 Å². The second-order valence-electron chi connectivity index (χ2n) is 8.08. The second-order valence-corrected chi connectivity index (χ2v) is 8.08. The van der Waals surface area contributed by atoms with E-state index in [1.54, 1.807) is 7.11 Å². The van der Waals surface area contributed by atoms with Crippen molar-refractivity contribution in [1.82, 2.24) is 4.57 Å². The number of carbonyl (C=O) groups excluding carboxylic acids is 1. The molecule has 0 atom stereocenters. The number of hydrogen-bond donors (Lipinski definition) is 1. The van der Waals surface area contributed by atoms with Gasteiger partial charge in [0.2, 0.25) is 0 Å². The van der Waals surface area contributed by atoms with E-state index in [0.29, 0.717) is 35.3 Å². The Bertz CT molecular complexity index is 1120. The number of para-hydroxylation sites is 1. The lowest BCUT2D eigenvalue weighted by Gasteiger charge is -2.16. The smallest absolute Gasteiger partial charge is 0.416 e. The molecule has 0 fully saturated rings. The van der Waals surface area contributed by atoms with Crippen LogP contribution in [0.3, 0.4) is 0 Å². The molecular formula is C26H29F3N2O2. The number of unbranched alkanes of at least 4 members (excludes halogenated alkanes) is 2. The molecule has 2 N–H and O–H groups in total. The van der Waals surface area contributed by atoms with E-state index in [2.05, 4.69) is 6.92 Å². The average molecular weight is 459 g/mol. The number of rotatable bonds is 9. The monoisotopic (exact) mass is 458 g/mol. The van der Waals surface area contributed by atoms with Crippen molar-refractivity contribution < 1.29 is 22.7 Å². The van der Waals surface area contributed by atoms with Crippen LogP contribution in [0.1, 0.15) is 59.1 Å². The van der Waals surface area contributed by atoms with E-state index in [0.717, 1.165) is 48.4 Å². The maximum atomic E-state index is 13.1. The maximum absolute atomic E-state index is 13.1. The van der Waals surface area contributed by atoms with Crippen LogP contribution in [0, 0.1) is 6.92 Å². The zero-order valence-corrected chi connectivity index (χ0v) is 19.1. The number of hydrogen-bond acceptors (Lipinski definition) is 2. The first-order valence-corrected chi connectivity index (χ1v) is 11.0. The van der Waals surface area contributed by atoms with Gasteiger partial charge in [-0.25, -0.2) is 0 Å². The number of amides is 1. The number of halogens is 3. The van der Waals surface area contributed by atoms with Crippen LogP contribution in [-0.2, 0) is 19.1 Å². The third-order valence-electron chi connectivity index (χ3n) is 5.92. The SMILES string of the molecule is CCCCCc1c(-c2ccc(C(F)(F)F)cc2)c(C(N)=O)c(C)n1Cc1ccccc1OC. The summed E-state index contributed by atoms with van der Waals surface area (Å²) in [7, 11) is 1.60. The van der Waals surface area contributed by atoms with Gasteiger partial charge in [-0.05, 0) is 43.5 Å². The molecule has 0 saturated carbocycles. The van der Waals surface area contributed by atoms with Crippen LogP contribution in [-0.4, -0.2) is 17.6 Å². The quantitative estimate of drug-likeness (QED) is 0.379. The first-order chi connectivity index (χ1) is 15.7. The Morgan fingerprint density at radius 3 is 2.30 bits per heavy atom. The Hall–Kier alpha value is -3.22. The zero-order chi connectivity index (χ0) is 24.2. The van der Waals surface area contributed by atoms with Crippen molar-refractivity contribution in [3.8, 4) is 16.9 Å². The van der Waals surface area contributed by atoms with Crippen LogP contribution in [0.25, 0.3) is 11.1 Å². The van der Waals surface area contributed by atoms with E-state index in [4.69, 9.17) is 10.5 Å². The van der Waals surface area contributed by atoms with Crippen molar-refractivity contribution in [3.05, 3.63) is 76.6 Å². The summed E-state index contributed by atoms with van der Waals surface area (Å²) in [4.78, 5) is 12.5. The first-order valence-electron chi connectivity index (χ1n) is 11.0. The molecule has 0 aliphatic heterocycles. The van der Waals surface area contributed by atoms with Crippen molar-refractivity contribution in [3.63, 3.8) is 0 Å². The highest BCUT2D eigenvalue weighted by Gasteiger charge is 2.31. The van der Waals surface area contributed by atoms with Gasteiger partial charge < -0.3 is 15.0 Å². The molecule has 0 spiro atoms. The highest BCUT2D eigenvalue weighted by molar-refractivity contribution is 6.02. The fraction of sp³-hybridized carbons (Fsp3) is 0.346. The molecule has 0 radical (unpaired) electrons. The lowest BCUT2D eigenvalue weighted by Crippen LogP contribution is -2.14. The Kier molecular flexibility index (Phi) is 7.51. The van der Waals surface area contributed by atoms with E-state index in [1.807, 2.05) is 35.8 Å². The Balaban J connectivity index is 2.20. The fourth-order valence-corrected chi connectivity index (χ4v) is 4.26. The van der Waals surface area contributed by atoms with Crippen LogP contribution < -0.4 is 10.5 Å². The van der Waals surface area contributed by atoms with Crippen LogP contribution in [0.5, 0.6) is 5.75 Å². The third kappa shape index (κ3) is 5.24. The first kappa shape index (κ1) is 24.4. The third-order valence-corrected chi connectivity index (χ3v) is 5.92. The predicted octanol–water partition coefficient (Wildman–Crippen LogP) is 6.37. The van der Waals surface area contributed by atoms with Crippen molar-refractivity contribution in [1.29, 1.82) is 0 Å². The number of nitrogens with two attached hydrogens (primary N) is 1. The molecule has 1 amide bonds. The standard InChI is InChI=1S/C26H29F3N2O2/c1-4-5-6-10-21-24(18-12-14-20(15-13-18)26(27,28)29)23(25(30)32)17(2)31(21)16-19-9-7-8-11-22(19)33-3/h7-9,11-15H,4-6,10,16H2,1-3H3,(H2,30,32). The highest BCUT2D eigenvalue weighted by atomic mass is 19.4. The minimum atomic E-state index is -4.43. The van der Waals surface area contributed by atoms with Gasteiger partial charge in [0.05, 0.1) is 24.8 Å². The predicted molar refractivity (Wildman–Crippen MR) is 123 cm³/mol. The minimum absolute atomic E-state index is 0.344. The topological polar surface area (TPSA) is 57.2 Å². The maximum Gasteiger partial charge on any atom is 0.416 e. The molecular weight excluding hydrogens is 429 g/mol. The van der Waals surface area contributed by atoms with Crippen molar-refractivity contribution in [2.45, 2.75) is 52.3 Å². The minimum Gasteiger partial charge on any atom is -0.496 e. The van der Waals surface area contributed by atoms with Crippen LogP contribution >= 0.6 is 0 Å². The van der Waals surface area contributed by atoms with E-state index in [-0.39, 0.29) is 0 Å². The van der Waals surface area contributed by atoms with Gasteiger partial charge in [0.15, 0.2) is 0 Å². The number of alkyl halides is 3. The van der Waals surface area contributed by atoms with E-state index < -0.39 is 17.6 Å². The number of methoxy groups -OCH3 is 1. The summed E-state index contributed by atoms with van der Waals surface area (Å²) < 4.78 is 46.9. The van der Waals surface area contributed by atoms with E-state index >= 15 is 0 Å². The van der Waals surface area contributed by atoms with Gasteiger partial charge in [0, 0.05) is 22.5 Å². The summed E-state index contributed by atoms with van der Waals surface area (Å²) in [6.45, 7) is 4.38. The molecule has 2 aromatic carbocycles. The van der Waals surface area contributed by atoms with Crippen molar-refractivity contribution in [2.24, 2.45) is 5.73 Å². The van der Waals surface area contributed by atoms with E-state index in [9.17, 15) is 18.0 Å². The Labute approximate surface area is 192 Å². The lowest BCUT2D eigenvalue weighted by molar-refractivity contribution is -0.137. The van der Waals surface area contributed by atoms with Crippen LogP contribution in [0.15, 0.2) is 48.5 Å². The molecule has 176 valence electrons. The molecule has 0 bridgehead atoms. The summed E-state index contributed by atoms with van der Waals surface area (Å²) in [6.07, 6.45) is -0.854. The Morgan fingerprint density at radius 1 is 1.06 bits per heavy atom. The number of benzene rings is 2. The molecule has 1 heterocycles. The van der Waals surface area contributed by atoms with Gasteiger partial charge >= 0.3 is 6.18 Å². The zero-order valence-electron chi connectivity index (χ0n) is 19.1. The Morgan fingerprint density at radius 2 is 1.73 bits per heavy atom. The molecule has 3 aromatic rings. The number of aromatic nitrogens is 1. The van der Waals surface area contributed by atoms with Gasteiger partial charge in [-0.3, -0.25) is 4.79 Å².